The molecule has 1 unspecified atom stereocenters. The number of carbonyl (C=O) groups excluding carboxylic acids is 2. The fourth-order valence-corrected chi connectivity index (χ4v) is 3.82. The van der Waals surface area contributed by atoms with Crippen LogP contribution in [0.4, 0.5) is 5.69 Å². The molecular weight excluding hydrogens is 348 g/mol. The maximum atomic E-state index is 12.2. The summed E-state index contributed by atoms with van der Waals surface area (Å²) in [6.07, 6.45) is 2.31. The highest BCUT2D eigenvalue weighted by Gasteiger charge is 2.25. The number of nitrogens with one attached hydrogen (secondary N) is 2. The van der Waals surface area contributed by atoms with Crippen molar-refractivity contribution in [1.29, 1.82) is 5.26 Å². The third kappa shape index (κ3) is 4.28. The lowest BCUT2D eigenvalue weighted by molar-refractivity contribution is -0.136. The Morgan fingerprint density at radius 1 is 1.19 bits per heavy atom. The minimum atomic E-state index is -0.766. The molecule has 0 saturated carbocycles. The van der Waals surface area contributed by atoms with Crippen LogP contribution >= 0.6 is 11.3 Å². The van der Waals surface area contributed by atoms with E-state index in [0.29, 0.717) is 17.8 Å². The Hall–Kier alpha value is -2.69. The van der Waals surface area contributed by atoms with Gasteiger partial charge < -0.3 is 10.6 Å². The third-order valence-electron chi connectivity index (χ3n) is 4.47. The van der Waals surface area contributed by atoms with Gasteiger partial charge in [0.25, 0.3) is 0 Å². The highest BCUT2D eigenvalue weighted by atomic mass is 32.1. The molecule has 1 aliphatic heterocycles. The second kappa shape index (κ2) is 8.61. The van der Waals surface area contributed by atoms with Crippen LogP contribution in [0.3, 0.4) is 0 Å². The summed E-state index contributed by atoms with van der Waals surface area (Å²) in [5, 5.41) is 18.4. The Morgan fingerprint density at radius 2 is 1.96 bits per heavy atom. The van der Waals surface area contributed by atoms with Gasteiger partial charge in [0, 0.05) is 6.54 Å². The van der Waals surface area contributed by atoms with Gasteiger partial charge in [-0.05, 0) is 60.5 Å². The van der Waals surface area contributed by atoms with Gasteiger partial charge in [-0.3, -0.25) is 14.5 Å². The third-order valence-corrected chi connectivity index (χ3v) is 5.17. The molecule has 1 saturated heterocycles. The number of nitriles is 1. The first-order chi connectivity index (χ1) is 12.7. The van der Waals surface area contributed by atoms with Crippen molar-refractivity contribution in [2.75, 3.05) is 25.0 Å². The van der Waals surface area contributed by atoms with Crippen molar-refractivity contribution in [3.63, 3.8) is 0 Å². The lowest BCUT2D eigenvalue weighted by Gasteiger charge is -2.27. The zero-order chi connectivity index (χ0) is 18.4. The Balaban J connectivity index is 1.61. The standard InChI is InChI=1S/C19H20N4O2S/c20-11-14-5-1-2-6-16(14)22-19(25)18(24)21-12-17(15-7-10-26-13-15)23-8-3-4-9-23/h1-2,5-7,10,13,17H,3-4,8-9,12H2,(H,21,24)(H,22,25). The molecular formula is C19H20N4O2S. The van der Waals surface area contributed by atoms with Gasteiger partial charge in [-0.1, -0.05) is 12.1 Å². The number of anilines is 1. The van der Waals surface area contributed by atoms with Gasteiger partial charge in [-0.25, -0.2) is 0 Å². The van der Waals surface area contributed by atoms with Crippen LogP contribution in [0.5, 0.6) is 0 Å². The van der Waals surface area contributed by atoms with Crippen LogP contribution in [0.15, 0.2) is 41.1 Å². The molecule has 0 bridgehead atoms. The molecule has 2 N–H and O–H groups in total. The molecule has 0 radical (unpaired) electrons. The van der Waals surface area contributed by atoms with E-state index in [4.69, 9.17) is 5.26 Å². The maximum Gasteiger partial charge on any atom is 0.313 e. The number of nitrogens with zero attached hydrogens (tertiary/aromatic N) is 2. The van der Waals surface area contributed by atoms with Gasteiger partial charge in [0.05, 0.1) is 17.3 Å². The van der Waals surface area contributed by atoms with Crippen molar-refractivity contribution in [3.8, 4) is 6.07 Å². The van der Waals surface area contributed by atoms with E-state index in [0.717, 1.165) is 31.5 Å². The zero-order valence-electron chi connectivity index (χ0n) is 14.3. The molecule has 0 spiro atoms. The van der Waals surface area contributed by atoms with Crippen LogP contribution < -0.4 is 10.6 Å². The number of hydrogen-bond donors (Lipinski definition) is 2. The molecule has 7 heteroatoms. The molecule has 1 fully saturated rings. The Labute approximate surface area is 156 Å². The topological polar surface area (TPSA) is 85.2 Å². The number of hydrogen-bond acceptors (Lipinski definition) is 5. The summed E-state index contributed by atoms with van der Waals surface area (Å²) in [6.45, 7) is 2.37. The number of carbonyl (C=O) groups is 2. The molecule has 1 aliphatic rings. The fraction of sp³-hybridized carbons (Fsp3) is 0.316. The number of amides is 2. The van der Waals surface area contributed by atoms with Crippen molar-refractivity contribution in [3.05, 3.63) is 52.2 Å². The van der Waals surface area contributed by atoms with E-state index in [9.17, 15) is 9.59 Å². The second-order valence-corrected chi connectivity index (χ2v) is 6.92. The van der Waals surface area contributed by atoms with E-state index in [1.807, 2.05) is 11.4 Å². The van der Waals surface area contributed by atoms with Gasteiger partial charge in [0.2, 0.25) is 0 Å². The Morgan fingerprint density at radius 3 is 2.65 bits per heavy atom. The minimum absolute atomic E-state index is 0.0758. The molecule has 6 nitrogen and oxygen atoms in total. The summed E-state index contributed by atoms with van der Waals surface area (Å²) in [6, 6.07) is 10.7. The summed E-state index contributed by atoms with van der Waals surface area (Å²) >= 11 is 1.62. The molecule has 2 amide bonds. The second-order valence-electron chi connectivity index (χ2n) is 6.14. The Bertz CT molecular complexity index is 807. The van der Waals surface area contributed by atoms with Crippen LogP contribution in [-0.4, -0.2) is 36.3 Å². The molecule has 0 aliphatic carbocycles. The van der Waals surface area contributed by atoms with Crippen LogP contribution in [0.25, 0.3) is 0 Å². The largest absolute Gasteiger partial charge is 0.346 e. The number of thiophene rings is 1. The molecule has 1 atom stereocenters. The van der Waals surface area contributed by atoms with Gasteiger partial charge in [0.1, 0.15) is 6.07 Å². The molecule has 2 heterocycles. The summed E-state index contributed by atoms with van der Waals surface area (Å²) < 4.78 is 0. The lowest BCUT2D eigenvalue weighted by Crippen LogP contribution is -2.41. The van der Waals surface area contributed by atoms with Gasteiger partial charge in [0.15, 0.2) is 0 Å². The molecule has 2 aromatic rings. The van der Waals surface area contributed by atoms with Crippen LogP contribution in [0, 0.1) is 11.3 Å². The highest BCUT2D eigenvalue weighted by molar-refractivity contribution is 7.08. The van der Waals surface area contributed by atoms with E-state index >= 15 is 0 Å². The number of likely N-dealkylation sites (tertiary alicyclic amines) is 1. The smallest absolute Gasteiger partial charge is 0.313 e. The number of benzene rings is 1. The zero-order valence-corrected chi connectivity index (χ0v) is 15.1. The molecule has 1 aromatic carbocycles. The minimum Gasteiger partial charge on any atom is -0.346 e. The quantitative estimate of drug-likeness (QED) is 0.794. The average Bonchev–Trinajstić information content (AvgIpc) is 3.36. The summed E-state index contributed by atoms with van der Waals surface area (Å²) in [5.74, 6) is -1.46. The average molecular weight is 368 g/mol. The van der Waals surface area contributed by atoms with Crippen molar-refractivity contribution in [1.82, 2.24) is 10.2 Å². The fourth-order valence-electron chi connectivity index (χ4n) is 3.11. The van der Waals surface area contributed by atoms with Gasteiger partial charge in [-0.15, -0.1) is 0 Å². The highest BCUT2D eigenvalue weighted by Crippen LogP contribution is 2.26. The van der Waals surface area contributed by atoms with Crippen LogP contribution in [0.1, 0.15) is 30.0 Å². The Kier molecular flexibility index (Phi) is 6.00. The first-order valence-electron chi connectivity index (χ1n) is 8.53. The van der Waals surface area contributed by atoms with E-state index in [1.54, 1.807) is 35.6 Å². The van der Waals surface area contributed by atoms with Crippen LogP contribution in [0.2, 0.25) is 0 Å². The molecule has 1 aromatic heterocycles. The molecule has 26 heavy (non-hydrogen) atoms. The maximum absolute atomic E-state index is 12.2. The SMILES string of the molecule is N#Cc1ccccc1NC(=O)C(=O)NCC(c1ccsc1)N1CCCC1. The van der Waals surface area contributed by atoms with E-state index in [2.05, 4.69) is 27.0 Å². The predicted molar refractivity (Wildman–Crippen MR) is 101 cm³/mol. The molecule has 134 valence electrons. The monoisotopic (exact) mass is 368 g/mol. The van der Waals surface area contributed by atoms with Crippen molar-refractivity contribution < 1.29 is 9.59 Å². The van der Waals surface area contributed by atoms with Crippen molar-refractivity contribution >= 4 is 28.8 Å². The first kappa shape index (κ1) is 18.1. The summed E-state index contributed by atoms with van der Waals surface area (Å²) in [5.41, 5.74) is 1.82. The summed E-state index contributed by atoms with van der Waals surface area (Å²) in [4.78, 5) is 26.7. The number of rotatable bonds is 5. The lowest BCUT2D eigenvalue weighted by atomic mass is 10.1. The summed E-state index contributed by atoms with van der Waals surface area (Å²) in [7, 11) is 0. The van der Waals surface area contributed by atoms with Gasteiger partial charge >= 0.3 is 11.8 Å². The van der Waals surface area contributed by atoms with E-state index in [1.165, 1.54) is 0 Å². The van der Waals surface area contributed by atoms with E-state index < -0.39 is 11.8 Å². The van der Waals surface area contributed by atoms with Crippen LogP contribution in [-0.2, 0) is 9.59 Å². The normalized spacial score (nSPS) is 15.2. The predicted octanol–water partition coefficient (Wildman–Crippen LogP) is 2.51. The van der Waals surface area contributed by atoms with Crippen molar-refractivity contribution in [2.45, 2.75) is 18.9 Å². The number of para-hydroxylation sites is 1. The van der Waals surface area contributed by atoms with Gasteiger partial charge in [-0.2, -0.15) is 16.6 Å². The molecule has 3 rings (SSSR count). The van der Waals surface area contributed by atoms with Crippen molar-refractivity contribution in [2.24, 2.45) is 0 Å². The van der Waals surface area contributed by atoms with E-state index in [-0.39, 0.29) is 6.04 Å². The first-order valence-corrected chi connectivity index (χ1v) is 9.48.